The number of rotatable bonds is 5. The van der Waals surface area contributed by atoms with Crippen molar-refractivity contribution in [3.05, 3.63) is 23.2 Å². The molecule has 2 rings (SSSR count). The molecule has 1 saturated carbocycles. The summed E-state index contributed by atoms with van der Waals surface area (Å²) in [4.78, 5) is 13.3. The summed E-state index contributed by atoms with van der Waals surface area (Å²) >= 11 is 0. The Morgan fingerprint density at radius 2 is 1.62 bits per heavy atom. The number of piperidine rings is 1. The zero-order valence-corrected chi connectivity index (χ0v) is 16.1. The van der Waals surface area contributed by atoms with Gasteiger partial charge in [-0.1, -0.05) is 19.3 Å². The van der Waals surface area contributed by atoms with Gasteiger partial charge in [-0.3, -0.25) is 10.2 Å². The highest BCUT2D eigenvalue weighted by molar-refractivity contribution is 5.99. The van der Waals surface area contributed by atoms with Gasteiger partial charge in [0.05, 0.1) is 5.57 Å². The Hall–Kier alpha value is -2.02. The maximum atomic E-state index is 11.3. The van der Waals surface area contributed by atoms with Crippen molar-refractivity contribution >= 4 is 11.7 Å². The molecule has 0 unspecified atom stereocenters. The van der Waals surface area contributed by atoms with Crippen molar-refractivity contribution < 1.29 is 4.79 Å². The van der Waals surface area contributed by atoms with Crippen molar-refractivity contribution in [3.63, 3.8) is 0 Å². The number of nitrogens with two attached hydrogens (primary N) is 2. The van der Waals surface area contributed by atoms with E-state index in [1.54, 1.807) is 13.0 Å². The molecule has 0 atom stereocenters. The largest absolute Gasteiger partial charge is 0.402 e. The third kappa shape index (κ3) is 6.05. The number of hydrogen-bond acceptors (Lipinski definition) is 5. The molecule has 146 valence electrons. The van der Waals surface area contributed by atoms with E-state index < -0.39 is 0 Å². The second kappa shape index (κ2) is 9.62. The first-order valence-electron chi connectivity index (χ1n) is 9.68. The van der Waals surface area contributed by atoms with Crippen molar-refractivity contribution in [1.29, 1.82) is 5.41 Å². The summed E-state index contributed by atoms with van der Waals surface area (Å²) in [5.74, 6) is 0.234. The number of allylic oxidation sites excluding steroid dienone is 1. The fourth-order valence-electron chi connectivity index (χ4n) is 3.80. The Bertz CT molecular complexity index is 565. The molecule has 1 heterocycles. The molecule has 0 aromatic heterocycles. The molecule has 7 nitrogen and oxygen atoms in total. The topological polar surface area (TPSA) is 120 Å². The van der Waals surface area contributed by atoms with Crippen LogP contribution in [0.3, 0.4) is 0 Å². The number of hydrogen-bond donors (Lipinski definition) is 5. The molecular formula is C19H34N6O. The highest BCUT2D eigenvalue weighted by Gasteiger charge is 2.25. The number of carbonyl (C=O) groups is 1. The van der Waals surface area contributed by atoms with Gasteiger partial charge in [0, 0.05) is 37.8 Å². The second-order valence-electron chi connectivity index (χ2n) is 7.51. The monoisotopic (exact) mass is 362 g/mol. The molecule has 1 saturated heterocycles. The number of nitrogens with one attached hydrogen (secondary N) is 3. The first-order valence-corrected chi connectivity index (χ1v) is 9.68. The third-order valence-corrected chi connectivity index (χ3v) is 5.12. The summed E-state index contributed by atoms with van der Waals surface area (Å²) in [5, 5.41) is 14.9. The van der Waals surface area contributed by atoms with Gasteiger partial charge in [-0.2, -0.15) is 0 Å². The maximum absolute atomic E-state index is 11.3. The van der Waals surface area contributed by atoms with Crippen molar-refractivity contribution in [3.8, 4) is 0 Å². The molecule has 0 aromatic carbocycles. The van der Waals surface area contributed by atoms with E-state index >= 15 is 0 Å². The van der Waals surface area contributed by atoms with Crippen molar-refractivity contribution in [2.24, 2.45) is 11.5 Å². The fraction of sp³-hybridized carbons (Fsp3) is 0.684. The number of likely N-dealkylation sites (tertiary alicyclic amines) is 1. The molecule has 2 fully saturated rings. The van der Waals surface area contributed by atoms with Crippen molar-refractivity contribution in [1.82, 2.24) is 15.5 Å². The van der Waals surface area contributed by atoms with Crippen LogP contribution in [0, 0.1) is 5.41 Å². The van der Waals surface area contributed by atoms with Gasteiger partial charge in [0.2, 0.25) is 5.91 Å². The van der Waals surface area contributed by atoms with Crippen LogP contribution in [0.4, 0.5) is 0 Å². The van der Waals surface area contributed by atoms with Crippen LogP contribution in [0.15, 0.2) is 23.2 Å². The minimum absolute atomic E-state index is 0.176. The van der Waals surface area contributed by atoms with E-state index in [0.29, 0.717) is 29.2 Å². The standard InChI is InChI=1S/C19H34N6O/c1-13(20)12-17(18(21)23-14(2)26)19(22)25-10-8-16(9-11-25)24-15-6-4-3-5-7-15/h12,15-16,22,24H,3-11,20-21H2,1-2H3,(H,23,26)/b13-12-,18-17?,22-19?. The molecule has 26 heavy (non-hydrogen) atoms. The molecule has 1 aliphatic heterocycles. The lowest BCUT2D eigenvalue weighted by Crippen LogP contribution is -2.48. The Labute approximate surface area is 156 Å². The van der Waals surface area contributed by atoms with Gasteiger partial charge in [-0.05, 0) is 38.7 Å². The van der Waals surface area contributed by atoms with E-state index in [9.17, 15) is 4.79 Å². The Morgan fingerprint density at radius 1 is 1.04 bits per heavy atom. The smallest absolute Gasteiger partial charge is 0.222 e. The van der Waals surface area contributed by atoms with Gasteiger partial charge >= 0.3 is 0 Å². The molecule has 2 aliphatic rings. The number of amidine groups is 1. The summed E-state index contributed by atoms with van der Waals surface area (Å²) in [6.45, 7) is 4.75. The average molecular weight is 363 g/mol. The molecule has 0 bridgehead atoms. The molecule has 0 spiro atoms. The van der Waals surface area contributed by atoms with Crippen LogP contribution in [0.2, 0.25) is 0 Å². The fourth-order valence-corrected chi connectivity index (χ4v) is 3.80. The van der Waals surface area contributed by atoms with Crippen LogP contribution < -0.4 is 22.1 Å². The predicted octanol–water partition coefficient (Wildman–Crippen LogP) is 1.52. The van der Waals surface area contributed by atoms with Gasteiger partial charge in [-0.25, -0.2) is 0 Å². The van der Waals surface area contributed by atoms with E-state index in [-0.39, 0.29) is 11.7 Å². The highest BCUT2D eigenvalue weighted by atomic mass is 16.1. The van der Waals surface area contributed by atoms with E-state index in [4.69, 9.17) is 16.9 Å². The average Bonchev–Trinajstić information content (AvgIpc) is 2.60. The molecule has 0 radical (unpaired) electrons. The summed E-state index contributed by atoms with van der Waals surface area (Å²) in [6.07, 6.45) is 10.3. The van der Waals surface area contributed by atoms with E-state index in [2.05, 4.69) is 10.6 Å². The third-order valence-electron chi connectivity index (χ3n) is 5.12. The molecular weight excluding hydrogens is 328 g/mol. The lowest BCUT2D eigenvalue weighted by Gasteiger charge is -2.37. The molecule has 1 aliphatic carbocycles. The zero-order chi connectivity index (χ0) is 19.1. The van der Waals surface area contributed by atoms with Crippen LogP contribution >= 0.6 is 0 Å². The SMILES string of the molecule is CC(=O)NC(N)=C(/C=C(/C)N)C(=N)N1CCC(NC2CCCCC2)CC1. The number of amides is 1. The lowest BCUT2D eigenvalue weighted by atomic mass is 9.93. The summed E-state index contributed by atoms with van der Waals surface area (Å²) in [7, 11) is 0. The van der Waals surface area contributed by atoms with Gasteiger partial charge in [-0.15, -0.1) is 0 Å². The van der Waals surface area contributed by atoms with Crippen molar-refractivity contribution in [2.75, 3.05) is 13.1 Å². The zero-order valence-electron chi connectivity index (χ0n) is 16.1. The summed E-state index contributed by atoms with van der Waals surface area (Å²) < 4.78 is 0. The molecule has 1 amide bonds. The number of carbonyl (C=O) groups excluding carboxylic acids is 1. The van der Waals surface area contributed by atoms with Gasteiger partial charge in [0.25, 0.3) is 0 Å². The van der Waals surface area contributed by atoms with Gasteiger partial charge < -0.3 is 27.0 Å². The van der Waals surface area contributed by atoms with Crippen LogP contribution in [-0.4, -0.2) is 41.8 Å². The van der Waals surface area contributed by atoms with Gasteiger partial charge in [0.1, 0.15) is 11.7 Å². The summed E-state index contributed by atoms with van der Waals surface area (Å²) in [5.41, 5.74) is 12.8. The van der Waals surface area contributed by atoms with E-state index in [0.717, 1.165) is 25.9 Å². The normalized spacial score (nSPS) is 21.3. The minimum atomic E-state index is -0.258. The van der Waals surface area contributed by atoms with E-state index in [1.807, 2.05) is 4.90 Å². The lowest BCUT2D eigenvalue weighted by molar-refractivity contribution is -0.118. The van der Waals surface area contributed by atoms with Crippen molar-refractivity contribution in [2.45, 2.75) is 70.9 Å². The second-order valence-corrected chi connectivity index (χ2v) is 7.51. The molecule has 7 heteroatoms. The summed E-state index contributed by atoms with van der Waals surface area (Å²) in [6, 6.07) is 1.18. The van der Waals surface area contributed by atoms with Crippen LogP contribution in [-0.2, 0) is 4.79 Å². The highest BCUT2D eigenvalue weighted by Crippen LogP contribution is 2.21. The van der Waals surface area contributed by atoms with E-state index in [1.165, 1.54) is 39.0 Å². The number of nitrogens with zero attached hydrogens (tertiary/aromatic N) is 1. The Balaban J connectivity index is 1.96. The van der Waals surface area contributed by atoms with Crippen LogP contribution in [0.1, 0.15) is 58.8 Å². The quantitative estimate of drug-likeness (QED) is 0.288. The first-order chi connectivity index (χ1) is 12.4. The maximum Gasteiger partial charge on any atom is 0.222 e. The Morgan fingerprint density at radius 3 is 2.15 bits per heavy atom. The predicted molar refractivity (Wildman–Crippen MR) is 105 cm³/mol. The van der Waals surface area contributed by atoms with Gasteiger partial charge in [0.15, 0.2) is 0 Å². The minimum Gasteiger partial charge on any atom is -0.402 e. The first kappa shape index (κ1) is 20.3. The molecule has 0 aromatic rings. The molecule has 7 N–H and O–H groups in total. The Kier molecular flexibility index (Phi) is 7.50. The van der Waals surface area contributed by atoms with Crippen LogP contribution in [0.5, 0.6) is 0 Å². The van der Waals surface area contributed by atoms with Crippen LogP contribution in [0.25, 0.3) is 0 Å².